The van der Waals surface area contributed by atoms with Gasteiger partial charge in [0, 0.05) is 24.9 Å². The number of benzene rings is 1. The highest BCUT2D eigenvalue weighted by Gasteiger charge is 2.24. The zero-order valence-electron chi connectivity index (χ0n) is 12.7. The van der Waals surface area contributed by atoms with Gasteiger partial charge in [-0.1, -0.05) is 38.1 Å². The number of methoxy groups -OCH3 is 1. The van der Waals surface area contributed by atoms with Crippen LogP contribution in [0.25, 0.3) is 0 Å². The van der Waals surface area contributed by atoms with Gasteiger partial charge in [0.05, 0.1) is 6.61 Å². The first-order valence-corrected chi connectivity index (χ1v) is 8.25. The lowest BCUT2D eigenvalue weighted by Crippen LogP contribution is -2.36. The molecule has 2 nitrogen and oxygen atoms in total. The lowest BCUT2D eigenvalue weighted by molar-refractivity contribution is 0.184. The number of rotatable bonds is 9. The Hall–Kier alpha value is -0.510. The van der Waals surface area contributed by atoms with Crippen LogP contribution in [0.5, 0.6) is 0 Å². The van der Waals surface area contributed by atoms with E-state index in [1.54, 1.807) is 7.11 Å². The van der Waals surface area contributed by atoms with Gasteiger partial charge >= 0.3 is 0 Å². The second-order valence-corrected chi connectivity index (χ2v) is 6.17. The maximum absolute atomic E-state index is 5.25. The first-order chi connectivity index (χ1) is 9.21. The fourth-order valence-corrected chi connectivity index (χ4v) is 3.14. The van der Waals surface area contributed by atoms with Crippen LogP contribution < -0.4 is 5.32 Å². The van der Waals surface area contributed by atoms with Crippen molar-refractivity contribution >= 4 is 11.8 Å². The van der Waals surface area contributed by atoms with Crippen molar-refractivity contribution in [1.29, 1.82) is 0 Å². The SMILES string of the molecule is CCC(CC)(CNCc1ccccc1COC)SC. The topological polar surface area (TPSA) is 21.3 Å². The van der Waals surface area contributed by atoms with Gasteiger partial charge in [0.15, 0.2) is 0 Å². The minimum atomic E-state index is 0.371. The molecule has 0 spiro atoms. The van der Waals surface area contributed by atoms with Crippen LogP contribution in [-0.2, 0) is 17.9 Å². The van der Waals surface area contributed by atoms with E-state index in [4.69, 9.17) is 4.74 Å². The van der Waals surface area contributed by atoms with E-state index in [9.17, 15) is 0 Å². The van der Waals surface area contributed by atoms with Crippen molar-refractivity contribution in [3.63, 3.8) is 0 Å². The lowest BCUT2D eigenvalue weighted by Gasteiger charge is -2.30. The van der Waals surface area contributed by atoms with E-state index >= 15 is 0 Å². The van der Waals surface area contributed by atoms with Gasteiger partial charge in [-0.3, -0.25) is 0 Å². The van der Waals surface area contributed by atoms with Crippen molar-refractivity contribution in [3.05, 3.63) is 35.4 Å². The average molecular weight is 281 g/mol. The predicted molar refractivity (Wildman–Crippen MR) is 85.7 cm³/mol. The molecule has 1 rings (SSSR count). The molecule has 1 N–H and O–H groups in total. The number of thioether (sulfide) groups is 1. The molecule has 0 saturated carbocycles. The fraction of sp³-hybridized carbons (Fsp3) is 0.625. The summed E-state index contributed by atoms with van der Waals surface area (Å²) < 4.78 is 5.62. The number of nitrogens with one attached hydrogen (secondary N) is 1. The molecule has 108 valence electrons. The molecule has 3 heteroatoms. The Bertz CT molecular complexity index is 355. The molecule has 1 aromatic rings. The van der Waals surface area contributed by atoms with Gasteiger partial charge in [-0.25, -0.2) is 0 Å². The predicted octanol–water partition coefficient (Wildman–Crippen LogP) is 3.84. The average Bonchev–Trinajstić information content (AvgIpc) is 2.46. The van der Waals surface area contributed by atoms with Gasteiger partial charge in [-0.2, -0.15) is 11.8 Å². The summed E-state index contributed by atoms with van der Waals surface area (Å²) >= 11 is 1.98. The second kappa shape index (κ2) is 8.62. The molecule has 0 aliphatic heterocycles. The van der Waals surface area contributed by atoms with Gasteiger partial charge in [0.1, 0.15) is 0 Å². The van der Waals surface area contributed by atoms with E-state index in [-0.39, 0.29) is 0 Å². The van der Waals surface area contributed by atoms with E-state index in [0.717, 1.165) is 13.1 Å². The Kier molecular flexibility index (Phi) is 7.51. The smallest absolute Gasteiger partial charge is 0.0716 e. The maximum Gasteiger partial charge on any atom is 0.0716 e. The highest BCUT2D eigenvalue weighted by molar-refractivity contribution is 8.00. The molecule has 0 saturated heterocycles. The third-order valence-corrected chi connectivity index (χ3v) is 5.49. The Balaban J connectivity index is 2.57. The van der Waals surface area contributed by atoms with Gasteiger partial charge in [0.25, 0.3) is 0 Å². The molecule has 0 heterocycles. The number of ether oxygens (including phenoxy) is 1. The molecule has 0 radical (unpaired) electrons. The highest BCUT2D eigenvalue weighted by Crippen LogP contribution is 2.29. The fourth-order valence-electron chi connectivity index (χ4n) is 2.31. The van der Waals surface area contributed by atoms with Crippen molar-refractivity contribution in [2.45, 2.75) is 44.6 Å². The minimum Gasteiger partial charge on any atom is -0.380 e. The minimum absolute atomic E-state index is 0.371. The van der Waals surface area contributed by atoms with Crippen LogP contribution >= 0.6 is 11.8 Å². The van der Waals surface area contributed by atoms with Crippen LogP contribution in [0.15, 0.2) is 24.3 Å². The summed E-state index contributed by atoms with van der Waals surface area (Å²) in [4.78, 5) is 0. The molecule has 0 aliphatic carbocycles. The molecular formula is C16H27NOS. The van der Waals surface area contributed by atoms with Crippen LogP contribution in [0.3, 0.4) is 0 Å². The van der Waals surface area contributed by atoms with Gasteiger partial charge in [-0.15, -0.1) is 0 Å². The Morgan fingerprint density at radius 1 is 1.16 bits per heavy atom. The van der Waals surface area contributed by atoms with Crippen molar-refractivity contribution < 1.29 is 4.74 Å². The zero-order valence-corrected chi connectivity index (χ0v) is 13.5. The van der Waals surface area contributed by atoms with Crippen LogP contribution in [-0.4, -0.2) is 24.7 Å². The molecule has 19 heavy (non-hydrogen) atoms. The van der Waals surface area contributed by atoms with Crippen LogP contribution in [0.1, 0.15) is 37.8 Å². The summed E-state index contributed by atoms with van der Waals surface area (Å²) in [6, 6.07) is 8.49. The summed E-state index contributed by atoms with van der Waals surface area (Å²) in [5.41, 5.74) is 2.62. The van der Waals surface area contributed by atoms with Crippen LogP contribution in [0.2, 0.25) is 0 Å². The van der Waals surface area contributed by atoms with Gasteiger partial charge in [-0.05, 0) is 30.2 Å². The van der Waals surface area contributed by atoms with E-state index < -0.39 is 0 Å². The molecule has 0 aromatic heterocycles. The third kappa shape index (κ3) is 4.83. The van der Waals surface area contributed by atoms with Gasteiger partial charge < -0.3 is 10.1 Å². The quantitative estimate of drug-likeness (QED) is 0.743. The van der Waals surface area contributed by atoms with Gasteiger partial charge in [0.2, 0.25) is 0 Å². The van der Waals surface area contributed by atoms with E-state index in [2.05, 4.69) is 49.7 Å². The second-order valence-electron chi connectivity index (χ2n) is 4.90. The summed E-state index contributed by atoms with van der Waals surface area (Å²) in [5, 5.41) is 3.62. The van der Waals surface area contributed by atoms with Crippen molar-refractivity contribution in [2.24, 2.45) is 0 Å². The lowest BCUT2D eigenvalue weighted by atomic mass is 10.0. The number of hydrogen-bond donors (Lipinski definition) is 1. The molecule has 0 aliphatic rings. The van der Waals surface area contributed by atoms with Crippen LogP contribution in [0.4, 0.5) is 0 Å². The molecule has 0 amide bonds. The van der Waals surface area contributed by atoms with Crippen LogP contribution in [0, 0.1) is 0 Å². The zero-order chi connectivity index (χ0) is 14.1. The largest absolute Gasteiger partial charge is 0.380 e. The number of hydrogen-bond acceptors (Lipinski definition) is 3. The Labute approximate surface area is 122 Å². The normalized spacial score (nSPS) is 11.8. The highest BCUT2D eigenvalue weighted by atomic mass is 32.2. The van der Waals surface area contributed by atoms with Crippen molar-refractivity contribution in [2.75, 3.05) is 19.9 Å². The first kappa shape index (κ1) is 16.5. The van der Waals surface area contributed by atoms with Crippen molar-refractivity contribution in [1.82, 2.24) is 5.32 Å². The molecular weight excluding hydrogens is 254 g/mol. The molecule has 0 fully saturated rings. The maximum atomic E-state index is 5.25. The Morgan fingerprint density at radius 2 is 1.79 bits per heavy atom. The molecule has 0 unspecified atom stereocenters. The van der Waals surface area contributed by atoms with E-state index in [1.165, 1.54) is 24.0 Å². The summed E-state index contributed by atoms with van der Waals surface area (Å²) in [6.45, 7) is 7.22. The Morgan fingerprint density at radius 3 is 2.32 bits per heavy atom. The summed E-state index contributed by atoms with van der Waals surface area (Å²) in [7, 11) is 1.75. The molecule has 0 bridgehead atoms. The first-order valence-electron chi connectivity index (χ1n) is 7.03. The monoisotopic (exact) mass is 281 g/mol. The molecule has 1 aromatic carbocycles. The summed E-state index contributed by atoms with van der Waals surface area (Å²) in [6.07, 6.45) is 4.63. The third-order valence-electron chi connectivity index (χ3n) is 3.90. The standard InChI is InChI=1S/C16H27NOS/c1-5-16(6-2,19-4)13-17-11-14-9-7-8-10-15(14)12-18-3/h7-10,17H,5-6,11-13H2,1-4H3. The van der Waals surface area contributed by atoms with E-state index in [1.807, 2.05) is 11.8 Å². The van der Waals surface area contributed by atoms with E-state index in [0.29, 0.717) is 11.4 Å². The summed E-state index contributed by atoms with van der Waals surface area (Å²) in [5.74, 6) is 0. The van der Waals surface area contributed by atoms with Crippen molar-refractivity contribution in [3.8, 4) is 0 Å². The molecule has 0 atom stereocenters.